The molecule has 2 N–H and O–H groups in total. The quantitative estimate of drug-likeness (QED) is 0.510. The number of fused-ring (bicyclic) bond motifs is 1. The summed E-state index contributed by atoms with van der Waals surface area (Å²) in [5, 5.41) is 6.91. The number of hydrogen-bond donors (Lipinski definition) is 2. The number of halogens is 1. The Kier molecular flexibility index (Phi) is 7.42. The third-order valence-corrected chi connectivity index (χ3v) is 6.43. The summed E-state index contributed by atoms with van der Waals surface area (Å²) in [7, 11) is 3.18. The van der Waals surface area contributed by atoms with Gasteiger partial charge in [-0.05, 0) is 38.1 Å². The lowest BCUT2D eigenvalue weighted by molar-refractivity contribution is -0.122. The number of ether oxygens (including phenoxy) is 1. The van der Waals surface area contributed by atoms with Gasteiger partial charge in [0, 0.05) is 57.4 Å². The summed E-state index contributed by atoms with van der Waals surface area (Å²) in [6.07, 6.45) is 1.61. The van der Waals surface area contributed by atoms with Crippen molar-refractivity contribution in [2.45, 2.75) is 19.9 Å². The number of aryl methyl sites for hydroxylation is 1. The van der Waals surface area contributed by atoms with E-state index in [-0.39, 0.29) is 23.8 Å². The summed E-state index contributed by atoms with van der Waals surface area (Å²) < 4.78 is 6.94. The molecule has 0 unspecified atom stereocenters. The Morgan fingerprint density at radius 3 is 2.63 bits per heavy atom. The molecule has 0 saturated carbocycles. The second-order valence-electron chi connectivity index (χ2n) is 8.72. The zero-order valence-electron chi connectivity index (χ0n) is 20.3. The highest BCUT2D eigenvalue weighted by Crippen LogP contribution is 2.28. The van der Waals surface area contributed by atoms with E-state index in [1.165, 1.54) is 11.6 Å². The van der Waals surface area contributed by atoms with Crippen LogP contribution >= 0.6 is 11.6 Å². The first kappa shape index (κ1) is 24.7. The highest BCUT2D eigenvalue weighted by Gasteiger charge is 2.21. The summed E-state index contributed by atoms with van der Waals surface area (Å²) >= 11 is 6.41. The normalized spacial score (nSPS) is 14.4. The summed E-state index contributed by atoms with van der Waals surface area (Å²) in [5.74, 6) is 0.919. The van der Waals surface area contributed by atoms with Gasteiger partial charge >= 0.3 is 0 Å². The van der Waals surface area contributed by atoms with Gasteiger partial charge in [0.1, 0.15) is 5.02 Å². The third-order valence-electron chi connectivity index (χ3n) is 6.15. The molecule has 0 atom stereocenters. The molecule has 1 fully saturated rings. The molecule has 186 valence electrons. The van der Waals surface area contributed by atoms with Crippen LogP contribution in [0.3, 0.4) is 0 Å². The number of amides is 1. The Bertz CT molecular complexity index is 1290. The Balaban J connectivity index is 1.57. The molecular formula is C24H30ClN7O3. The average Bonchev–Trinajstić information content (AvgIpc) is 2.86. The lowest BCUT2D eigenvalue weighted by Crippen LogP contribution is -2.49. The number of anilines is 3. The van der Waals surface area contributed by atoms with Crippen molar-refractivity contribution in [3.05, 3.63) is 45.8 Å². The summed E-state index contributed by atoms with van der Waals surface area (Å²) in [6, 6.07) is 7.71. The fraction of sp³-hybridized carbons (Fsp3) is 0.417. The molecule has 1 aliphatic rings. The number of likely N-dealkylation sites (N-methyl/N-ethyl adjacent to an activating group) is 1. The molecule has 35 heavy (non-hydrogen) atoms. The maximum atomic E-state index is 12.6. The second kappa shape index (κ2) is 10.5. The van der Waals surface area contributed by atoms with Crippen LogP contribution in [0, 0.1) is 0 Å². The van der Waals surface area contributed by atoms with Crippen LogP contribution in [-0.4, -0.2) is 71.2 Å². The van der Waals surface area contributed by atoms with Crippen molar-refractivity contribution in [3.63, 3.8) is 0 Å². The molecule has 2 aromatic heterocycles. The van der Waals surface area contributed by atoms with Crippen molar-refractivity contribution in [1.29, 1.82) is 0 Å². The molecule has 0 bridgehead atoms. The zero-order chi connectivity index (χ0) is 25.1. The van der Waals surface area contributed by atoms with Gasteiger partial charge in [-0.25, -0.2) is 4.98 Å². The van der Waals surface area contributed by atoms with Gasteiger partial charge in [-0.15, -0.1) is 0 Å². The van der Waals surface area contributed by atoms with Crippen molar-refractivity contribution in [2.75, 3.05) is 50.1 Å². The molecule has 1 aliphatic heterocycles. The SMILES string of the molecule is CNC(=O)COc1cc2cc(Nc3nc(N4CCN(C(C)C)CC4)ncc3Cl)ccc2n(C)c1=O. The molecule has 3 aromatic rings. The van der Waals surface area contributed by atoms with Crippen LogP contribution in [0.1, 0.15) is 13.8 Å². The molecule has 1 saturated heterocycles. The zero-order valence-corrected chi connectivity index (χ0v) is 21.1. The van der Waals surface area contributed by atoms with E-state index in [1.807, 2.05) is 18.2 Å². The number of pyridine rings is 1. The number of benzene rings is 1. The van der Waals surface area contributed by atoms with Crippen molar-refractivity contribution >= 4 is 45.9 Å². The maximum Gasteiger partial charge on any atom is 0.293 e. The van der Waals surface area contributed by atoms with Crippen LogP contribution in [0.2, 0.25) is 5.02 Å². The van der Waals surface area contributed by atoms with Gasteiger partial charge < -0.3 is 24.8 Å². The van der Waals surface area contributed by atoms with Crippen molar-refractivity contribution < 1.29 is 9.53 Å². The van der Waals surface area contributed by atoms with Crippen LogP contribution in [0.15, 0.2) is 35.3 Å². The number of nitrogens with one attached hydrogen (secondary N) is 2. The van der Waals surface area contributed by atoms with E-state index in [4.69, 9.17) is 16.3 Å². The van der Waals surface area contributed by atoms with Gasteiger partial charge in [-0.3, -0.25) is 14.5 Å². The Morgan fingerprint density at radius 1 is 1.20 bits per heavy atom. The molecule has 4 rings (SSSR count). The van der Waals surface area contributed by atoms with Crippen LogP contribution in [0.5, 0.6) is 5.75 Å². The fourth-order valence-electron chi connectivity index (χ4n) is 4.02. The minimum atomic E-state index is -0.317. The van der Waals surface area contributed by atoms with Gasteiger partial charge in [0.15, 0.2) is 18.2 Å². The Hall–Kier alpha value is -3.37. The van der Waals surface area contributed by atoms with Gasteiger partial charge in [0.05, 0.1) is 11.7 Å². The molecule has 1 amide bonds. The number of hydrogen-bond acceptors (Lipinski definition) is 8. The van der Waals surface area contributed by atoms with E-state index in [0.717, 1.165) is 42.8 Å². The van der Waals surface area contributed by atoms with Crippen molar-refractivity contribution in [3.8, 4) is 5.75 Å². The van der Waals surface area contributed by atoms with Gasteiger partial charge in [-0.2, -0.15) is 4.98 Å². The maximum absolute atomic E-state index is 12.6. The molecule has 0 spiro atoms. The van der Waals surface area contributed by atoms with E-state index in [1.54, 1.807) is 19.3 Å². The topological polar surface area (TPSA) is 105 Å². The fourth-order valence-corrected chi connectivity index (χ4v) is 4.16. The summed E-state index contributed by atoms with van der Waals surface area (Å²) in [6.45, 7) is 7.79. The van der Waals surface area contributed by atoms with Crippen molar-refractivity contribution in [2.24, 2.45) is 7.05 Å². The standard InChI is InChI=1S/C24H30ClN7O3/c1-15(2)31-7-9-32(10-8-31)24-27-13-18(25)22(29-24)28-17-5-6-19-16(11-17)12-20(23(34)30(19)4)35-14-21(33)26-3/h5-6,11-13,15H,7-10,14H2,1-4H3,(H,26,33)(H,27,28,29). The Labute approximate surface area is 208 Å². The minimum absolute atomic E-state index is 0.101. The number of carbonyl (C=O) groups excluding carboxylic acids is 1. The lowest BCUT2D eigenvalue weighted by atomic mass is 10.2. The Morgan fingerprint density at radius 2 is 1.94 bits per heavy atom. The monoisotopic (exact) mass is 499 g/mol. The highest BCUT2D eigenvalue weighted by atomic mass is 35.5. The molecule has 0 radical (unpaired) electrons. The van der Waals surface area contributed by atoms with E-state index in [9.17, 15) is 9.59 Å². The highest BCUT2D eigenvalue weighted by molar-refractivity contribution is 6.32. The smallest absolute Gasteiger partial charge is 0.293 e. The predicted octanol–water partition coefficient (Wildman–Crippen LogP) is 2.38. The molecule has 0 aliphatic carbocycles. The molecule has 11 heteroatoms. The van der Waals surface area contributed by atoms with E-state index in [0.29, 0.717) is 22.8 Å². The first-order valence-electron chi connectivity index (χ1n) is 11.5. The van der Waals surface area contributed by atoms with Crippen LogP contribution in [0.25, 0.3) is 10.9 Å². The van der Waals surface area contributed by atoms with Gasteiger partial charge in [0.25, 0.3) is 11.5 Å². The van der Waals surface area contributed by atoms with E-state index < -0.39 is 0 Å². The van der Waals surface area contributed by atoms with Crippen LogP contribution in [0.4, 0.5) is 17.5 Å². The lowest BCUT2D eigenvalue weighted by Gasteiger charge is -2.36. The van der Waals surface area contributed by atoms with E-state index >= 15 is 0 Å². The summed E-state index contributed by atoms with van der Waals surface area (Å²) in [5.41, 5.74) is 1.15. The average molecular weight is 500 g/mol. The van der Waals surface area contributed by atoms with Crippen molar-refractivity contribution in [1.82, 2.24) is 24.8 Å². The van der Waals surface area contributed by atoms with Crippen LogP contribution in [-0.2, 0) is 11.8 Å². The number of nitrogens with zero attached hydrogens (tertiary/aromatic N) is 5. The second-order valence-corrected chi connectivity index (χ2v) is 9.12. The van der Waals surface area contributed by atoms with Gasteiger partial charge in [0.2, 0.25) is 5.95 Å². The molecule has 3 heterocycles. The predicted molar refractivity (Wildman–Crippen MR) is 138 cm³/mol. The van der Waals surface area contributed by atoms with Crippen LogP contribution < -0.4 is 25.8 Å². The van der Waals surface area contributed by atoms with E-state index in [2.05, 4.69) is 44.2 Å². The largest absolute Gasteiger partial charge is 0.478 e. The summed E-state index contributed by atoms with van der Waals surface area (Å²) in [4.78, 5) is 37.8. The first-order valence-corrected chi connectivity index (χ1v) is 11.9. The first-order chi connectivity index (χ1) is 16.8. The third kappa shape index (κ3) is 5.49. The minimum Gasteiger partial charge on any atom is -0.478 e. The number of carbonyl (C=O) groups is 1. The number of aromatic nitrogens is 3. The molecule has 1 aromatic carbocycles. The number of rotatable bonds is 7. The molecule has 10 nitrogen and oxygen atoms in total. The number of piperazine rings is 1. The molecular weight excluding hydrogens is 470 g/mol. The van der Waals surface area contributed by atoms with Gasteiger partial charge in [-0.1, -0.05) is 11.6 Å².